The van der Waals surface area contributed by atoms with E-state index in [2.05, 4.69) is 58.6 Å². The van der Waals surface area contributed by atoms with Crippen LogP contribution in [-0.4, -0.2) is 31.0 Å². The number of carbonyl (C=O) groups excluding carboxylic acids is 1. The first-order chi connectivity index (χ1) is 16.9. The van der Waals surface area contributed by atoms with Crippen molar-refractivity contribution in [2.75, 3.05) is 6.61 Å². The van der Waals surface area contributed by atoms with Crippen LogP contribution in [0.5, 0.6) is 5.75 Å². The van der Waals surface area contributed by atoms with Crippen molar-refractivity contribution in [3.63, 3.8) is 0 Å². The lowest BCUT2D eigenvalue weighted by molar-refractivity contribution is -0.274. The van der Waals surface area contributed by atoms with Crippen LogP contribution in [0.4, 0.5) is 13.2 Å². The monoisotopic (exact) mass is 481 g/mol. The van der Waals surface area contributed by atoms with Crippen molar-refractivity contribution in [1.29, 1.82) is 0 Å². The van der Waals surface area contributed by atoms with Crippen LogP contribution in [0.25, 0.3) is 0 Å². The molecule has 7 heteroatoms. The summed E-state index contributed by atoms with van der Waals surface area (Å²) < 4.78 is 47.4. The highest BCUT2D eigenvalue weighted by Gasteiger charge is 2.35. The first kappa shape index (κ1) is 23.4. The topological polar surface area (TPSA) is 47.6 Å². The standard InChI is InChI=1S/C28H26F3NO3/c29-28(30,31)35-22-13-11-20(12-14-22)27(33)32-21-15-16-34-25(17-21)26-23-7-3-1-5-18(23)9-10-19-6-2-4-8-24(19)26/h1-8,11-14,21,25-26H,9-10,15-17H2,(H,32,33). The molecule has 3 aromatic rings. The van der Waals surface area contributed by atoms with Crippen LogP contribution in [0, 0.1) is 0 Å². The Kier molecular flexibility index (Phi) is 6.52. The van der Waals surface area contributed by atoms with Crippen LogP contribution in [-0.2, 0) is 17.6 Å². The first-order valence-corrected chi connectivity index (χ1v) is 11.8. The van der Waals surface area contributed by atoms with Gasteiger partial charge in [0.25, 0.3) is 5.91 Å². The van der Waals surface area contributed by atoms with E-state index in [1.807, 2.05) is 0 Å². The van der Waals surface area contributed by atoms with Gasteiger partial charge >= 0.3 is 6.36 Å². The van der Waals surface area contributed by atoms with Gasteiger partial charge in [-0.25, -0.2) is 0 Å². The molecule has 35 heavy (non-hydrogen) atoms. The summed E-state index contributed by atoms with van der Waals surface area (Å²) in [5.74, 6) is -0.606. The molecule has 0 bridgehead atoms. The van der Waals surface area contributed by atoms with Crippen LogP contribution in [0.15, 0.2) is 72.8 Å². The van der Waals surface area contributed by atoms with Gasteiger partial charge in [0.1, 0.15) is 5.75 Å². The van der Waals surface area contributed by atoms with Crippen molar-refractivity contribution in [2.24, 2.45) is 0 Å². The maximum atomic E-state index is 12.8. The SMILES string of the molecule is O=C(NC1CCOC(C2c3ccccc3CCc3ccccc32)C1)c1ccc(OC(F)(F)F)cc1. The molecule has 3 aromatic carbocycles. The molecule has 1 aliphatic heterocycles. The highest BCUT2D eigenvalue weighted by Crippen LogP contribution is 2.40. The van der Waals surface area contributed by atoms with Gasteiger partial charge in [0, 0.05) is 24.1 Å². The van der Waals surface area contributed by atoms with Crippen molar-refractivity contribution in [3.8, 4) is 5.75 Å². The van der Waals surface area contributed by atoms with Crippen LogP contribution in [0.3, 0.4) is 0 Å². The lowest BCUT2D eigenvalue weighted by atomic mass is 9.80. The number of carbonyl (C=O) groups is 1. The second-order valence-corrected chi connectivity index (χ2v) is 9.05. The molecule has 0 spiro atoms. The maximum Gasteiger partial charge on any atom is 0.573 e. The van der Waals surface area contributed by atoms with Crippen molar-refractivity contribution in [3.05, 3.63) is 101 Å². The zero-order chi connectivity index (χ0) is 24.4. The second kappa shape index (κ2) is 9.74. The molecule has 1 heterocycles. The summed E-state index contributed by atoms with van der Waals surface area (Å²) in [7, 11) is 0. The van der Waals surface area contributed by atoms with Crippen molar-refractivity contribution in [2.45, 2.75) is 50.1 Å². The van der Waals surface area contributed by atoms with Crippen molar-refractivity contribution >= 4 is 5.91 Å². The number of halogens is 3. The molecule has 182 valence electrons. The number of hydrogen-bond acceptors (Lipinski definition) is 3. The molecule has 1 fully saturated rings. The summed E-state index contributed by atoms with van der Waals surface area (Å²) in [6.45, 7) is 0.523. The summed E-state index contributed by atoms with van der Waals surface area (Å²) in [6.07, 6.45) is -1.59. The minimum absolute atomic E-state index is 0.0726. The average molecular weight is 482 g/mol. The molecular formula is C28H26F3NO3. The van der Waals surface area contributed by atoms with Crippen molar-refractivity contribution in [1.82, 2.24) is 5.32 Å². The molecule has 0 saturated carbocycles. The number of benzene rings is 3. The molecule has 1 saturated heterocycles. The molecule has 2 unspecified atom stereocenters. The van der Waals surface area contributed by atoms with E-state index in [1.165, 1.54) is 34.4 Å². The fraction of sp³-hybridized carbons (Fsp3) is 0.321. The van der Waals surface area contributed by atoms with Gasteiger partial charge in [-0.05, 0) is 72.2 Å². The van der Waals surface area contributed by atoms with E-state index in [9.17, 15) is 18.0 Å². The predicted molar refractivity (Wildman–Crippen MR) is 125 cm³/mol. The number of rotatable bonds is 4. The third-order valence-electron chi connectivity index (χ3n) is 6.82. The highest BCUT2D eigenvalue weighted by atomic mass is 19.4. The molecule has 5 rings (SSSR count). The maximum absolute atomic E-state index is 12.8. The normalized spacial score (nSPS) is 20.3. The Balaban J connectivity index is 1.33. The summed E-state index contributed by atoms with van der Waals surface area (Å²) in [5, 5.41) is 3.05. The largest absolute Gasteiger partial charge is 0.573 e. The summed E-state index contributed by atoms with van der Waals surface area (Å²) in [4.78, 5) is 12.8. The van der Waals surface area contributed by atoms with Crippen molar-refractivity contribution < 1.29 is 27.4 Å². The lowest BCUT2D eigenvalue weighted by Gasteiger charge is -2.36. The molecule has 1 aliphatic carbocycles. The van der Waals surface area contributed by atoms with E-state index in [-0.39, 0.29) is 35.3 Å². The van der Waals surface area contributed by atoms with Gasteiger partial charge in [0.15, 0.2) is 0 Å². The Bertz CT molecular complexity index is 1150. The molecule has 0 radical (unpaired) electrons. The first-order valence-electron chi connectivity index (χ1n) is 11.8. The van der Waals surface area contributed by atoms with Gasteiger partial charge in [-0.2, -0.15) is 0 Å². The second-order valence-electron chi connectivity index (χ2n) is 9.05. The zero-order valence-corrected chi connectivity index (χ0v) is 19.1. The minimum Gasteiger partial charge on any atom is -0.406 e. The zero-order valence-electron chi connectivity index (χ0n) is 19.1. The van der Waals surface area contributed by atoms with E-state index >= 15 is 0 Å². The third-order valence-corrected chi connectivity index (χ3v) is 6.82. The lowest BCUT2D eigenvalue weighted by Crippen LogP contribution is -2.44. The third kappa shape index (κ3) is 5.35. The minimum atomic E-state index is -4.77. The average Bonchev–Trinajstić information content (AvgIpc) is 3.00. The van der Waals surface area contributed by atoms with E-state index in [0.29, 0.717) is 19.4 Å². The molecule has 4 nitrogen and oxygen atoms in total. The fourth-order valence-electron chi connectivity index (χ4n) is 5.24. The Morgan fingerprint density at radius 3 is 2.09 bits per heavy atom. The number of alkyl halides is 3. The predicted octanol–water partition coefficient (Wildman–Crippen LogP) is 5.79. The molecular weight excluding hydrogens is 455 g/mol. The Morgan fingerprint density at radius 1 is 0.886 bits per heavy atom. The smallest absolute Gasteiger partial charge is 0.406 e. The van der Waals surface area contributed by atoms with Gasteiger partial charge in [0.2, 0.25) is 0 Å². The van der Waals surface area contributed by atoms with Gasteiger partial charge in [-0.3, -0.25) is 4.79 Å². The summed E-state index contributed by atoms with van der Waals surface area (Å²) in [5.41, 5.74) is 5.48. The van der Waals surface area contributed by atoms with Gasteiger partial charge in [0.05, 0.1) is 6.10 Å². The number of amides is 1. The Morgan fingerprint density at radius 2 is 1.49 bits per heavy atom. The van der Waals surface area contributed by atoms with E-state index in [0.717, 1.165) is 25.0 Å². The Labute approximate surface area is 202 Å². The van der Waals surface area contributed by atoms with Crippen LogP contribution >= 0.6 is 0 Å². The summed E-state index contributed by atoms with van der Waals surface area (Å²) in [6, 6.07) is 21.9. The number of fused-ring (bicyclic) bond motifs is 2. The highest BCUT2D eigenvalue weighted by molar-refractivity contribution is 5.94. The van der Waals surface area contributed by atoms with Crippen LogP contribution in [0.2, 0.25) is 0 Å². The van der Waals surface area contributed by atoms with E-state index < -0.39 is 6.36 Å². The van der Waals surface area contributed by atoms with Crippen LogP contribution in [0.1, 0.15) is 51.4 Å². The Hall–Kier alpha value is -3.32. The molecule has 1 N–H and O–H groups in total. The number of aryl methyl sites for hydroxylation is 2. The van der Waals surface area contributed by atoms with Crippen LogP contribution < -0.4 is 10.1 Å². The number of nitrogens with one attached hydrogen (secondary N) is 1. The van der Waals surface area contributed by atoms with Gasteiger partial charge in [-0.15, -0.1) is 13.2 Å². The van der Waals surface area contributed by atoms with E-state index in [4.69, 9.17) is 4.74 Å². The molecule has 0 aromatic heterocycles. The number of hydrogen-bond donors (Lipinski definition) is 1. The molecule has 2 atom stereocenters. The number of ether oxygens (including phenoxy) is 2. The molecule has 2 aliphatic rings. The van der Waals surface area contributed by atoms with Gasteiger partial charge in [-0.1, -0.05) is 48.5 Å². The quantitative estimate of drug-likeness (QED) is 0.513. The molecule has 1 amide bonds. The fourth-order valence-corrected chi connectivity index (χ4v) is 5.24. The van der Waals surface area contributed by atoms with Gasteiger partial charge < -0.3 is 14.8 Å². The van der Waals surface area contributed by atoms with E-state index in [1.54, 1.807) is 0 Å². The summed E-state index contributed by atoms with van der Waals surface area (Å²) >= 11 is 0.